The smallest absolute Gasteiger partial charge is 0.257 e. The zero-order valence-electron chi connectivity index (χ0n) is 11.7. The molecule has 2 N–H and O–H groups in total. The highest BCUT2D eigenvalue weighted by atomic mass is 32.1. The molecule has 0 spiro atoms. The van der Waals surface area contributed by atoms with E-state index in [1.54, 1.807) is 0 Å². The van der Waals surface area contributed by atoms with Gasteiger partial charge in [0, 0.05) is 23.0 Å². The van der Waals surface area contributed by atoms with Crippen molar-refractivity contribution in [1.29, 1.82) is 0 Å². The van der Waals surface area contributed by atoms with Crippen LogP contribution in [0.5, 0.6) is 0 Å². The lowest BCUT2D eigenvalue weighted by Gasteiger charge is -2.18. The maximum absolute atomic E-state index is 12.1. The number of pyridine rings is 1. The number of aromatic nitrogens is 2. The second-order valence-corrected chi connectivity index (χ2v) is 6.29. The van der Waals surface area contributed by atoms with Gasteiger partial charge in [0.05, 0.1) is 11.3 Å². The molecule has 0 aromatic carbocycles. The molecular weight excluding hydrogens is 258 g/mol. The van der Waals surface area contributed by atoms with Crippen molar-refractivity contribution >= 4 is 16.5 Å². The Morgan fingerprint density at radius 1 is 1.37 bits per heavy atom. The maximum Gasteiger partial charge on any atom is 0.257 e. The Morgan fingerprint density at radius 3 is 2.68 bits per heavy atom. The summed E-state index contributed by atoms with van der Waals surface area (Å²) < 4.78 is 0. The van der Waals surface area contributed by atoms with Gasteiger partial charge in [-0.15, -0.1) is 11.3 Å². The summed E-state index contributed by atoms with van der Waals surface area (Å²) in [5.74, 6) is 0. The molecule has 0 aliphatic rings. The quantitative estimate of drug-likeness (QED) is 0.905. The lowest BCUT2D eigenvalue weighted by Crippen LogP contribution is -2.20. The summed E-state index contributed by atoms with van der Waals surface area (Å²) in [6, 6.07) is 3.81. The third kappa shape index (κ3) is 3.04. The molecule has 102 valence electrons. The summed E-state index contributed by atoms with van der Waals surface area (Å²) >= 11 is 1.51. The van der Waals surface area contributed by atoms with Gasteiger partial charge in [0.1, 0.15) is 0 Å². The molecule has 2 aromatic rings. The summed E-state index contributed by atoms with van der Waals surface area (Å²) in [7, 11) is 0. The van der Waals surface area contributed by atoms with Gasteiger partial charge in [-0.3, -0.25) is 4.79 Å². The fourth-order valence-electron chi connectivity index (χ4n) is 1.74. The Balaban J connectivity index is 2.38. The molecule has 0 atom stereocenters. The topological polar surface area (TPSA) is 57.8 Å². The zero-order chi connectivity index (χ0) is 14.0. The Hall–Kier alpha value is -1.62. The molecule has 19 heavy (non-hydrogen) atoms. The number of rotatable bonds is 3. The molecule has 0 fully saturated rings. The Bertz CT molecular complexity index is 622. The second kappa shape index (κ2) is 5.17. The van der Waals surface area contributed by atoms with E-state index in [9.17, 15) is 4.79 Å². The zero-order valence-corrected chi connectivity index (χ0v) is 12.5. The monoisotopic (exact) mass is 277 g/mol. The van der Waals surface area contributed by atoms with Crippen LogP contribution in [0.2, 0.25) is 0 Å². The molecule has 0 saturated heterocycles. The first-order valence-electron chi connectivity index (χ1n) is 6.35. The standard InChI is InChI=1S/C14H19N3OS/c1-5-15-13-16-10(8-19-13)9-6-7-11(14(2,3)4)17-12(9)18/h6-8H,5H2,1-4H3,(H,15,16)(H,17,18). The summed E-state index contributed by atoms with van der Waals surface area (Å²) in [5.41, 5.74) is 2.13. The number of nitrogens with one attached hydrogen (secondary N) is 2. The lowest BCUT2D eigenvalue weighted by atomic mass is 9.91. The Morgan fingerprint density at radius 2 is 2.11 bits per heavy atom. The average Bonchev–Trinajstić information content (AvgIpc) is 2.76. The van der Waals surface area contributed by atoms with Gasteiger partial charge in [-0.1, -0.05) is 20.8 Å². The van der Waals surface area contributed by atoms with Crippen molar-refractivity contribution in [3.8, 4) is 11.3 Å². The first-order chi connectivity index (χ1) is 8.91. The van der Waals surface area contributed by atoms with Crippen molar-refractivity contribution < 1.29 is 0 Å². The first kappa shape index (κ1) is 13.8. The summed E-state index contributed by atoms with van der Waals surface area (Å²) in [6.45, 7) is 9.07. The van der Waals surface area contributed by atoms with Gasteiger partial charge in [-0.25, -0.2) is 4.98 Å². The van der Waals surface area contributed by atoms with Crippen LogP contribution in [0.15, 0.2) is 22.3 Å². The summed E-state index contributed by atoms with van der Waals surface area (Å²) in [5, 5.41) is 5.89. The highest BCUT2D eigenvalue weighted by molar-refractivity contribution is 7.14. The van der Waals surface area contributed by atoms with Crippen molar-refractivity contribution in [1.82, 2.24) is 9.97 Å². The van der Waals surface area contributed by atoms with Crippen molar-refractivity contribution in [3.05, 3.63) is 33.6 Å². The Kier molecular flexibility index (Phi) is 3.75. The van der Waals surface area contributed by atoms with Gasteiger partial charge in [-0.05, 0) is 19.1 Å². The minimum atomic E-state index is -0.0826. The van der Waals surface area contributed by atoms with Gasteiger partial charge in [0.15, 0.2) is 5.13 Å². The summed E-state index contributed by atoms with van der Waals surface area (Å²) in [4.78, 5) is 19.5. The second-order valence-electron chi connectivity index (χ2n) is 5.43. The highest BCUT2D eigenvalue weighted by Gasteiger charge is 2.16. The largest absolute Gasteiger partial charge is 0.362 e. The van der Waals surface area contributed by atoms with E-state index in [1.165, 1.54) is 11.3 Å². The van der Waals surface area contributed by atoms with E-state index in [4.69, 9.17) is 0 Å². The first-order valence-corrected chi connectivity index (χ1v) is 7.23. The van der Waals surface area contributed by atoms with Crippen LogP contribution in [0.3, 0.4) is 0 Å². The normalized spacial score (nSPS) is 11.6. The molecule has 0 aliphatic carbocycles. The molecule has 0 aliphatic heterocycles. The van der Waals surface area contributed by atoms with E-state index in [0.717, 1.165) is 23.1 Å². The van der Waals surface area contributed by atoms with E-state index in [-0.39, 0.29) is 11.0 Å². The average molecular weight is 277 g/mol. The van der Waals surface area contributed by atoms with Crippen LogP contribution in [0.1, 0.15) is 33.4 Å². The Labute approximate surface area is 116 Å². The number of thiazole rings is 1. The van der Waals surface area contributed by atoms with Crippen molar-refractivity contribution in [2.45, 2.75) is 33.1 Å². The van der Waals surface area contributed by atoms with Crippen molar-refractivity contribution in [3.63, 3.8) is 0 Å². The van der Waals surface area contributed by atoms with Crippen LogP contribution in [-0.2, 0) is 5.41 Å². The van der Waals surface area contributed by atoms with Crippen LogP contribution < -0.4 is 10.9 Å². The maximum atomic E-state index is 12.1. The van der Waals surface area contributed by atoms with Gasteiger partial charge in [0.2, 0.25) is 0 Å². The van der Waals surface area contributed by atoms with Crippen LogP contribution in [0, 0.1) is 0 Å². The van der Waals surface area contributed by atoms with E-state index in [0.29, 0.717) is 5.56 Å². The van der Waals surface area contributed by atoms with Gasteiger partial charge in [-0.2, -0.15) is 0 Å². The minimum Gasteiger partial charge on any atom is -0.362 e. The van der Waals surface area contributed by atoms with Crippen LogP contribution in [0.25, 0.3) is 11.3 Å². The molecule has 4 nitrogen and oxygen atoms in total. The molecule has 0 unspecified atom stereocenters. The fraction of sp³-hybridized carbons (Fsp3) is 0.429. The van der Waals surface area contributed by atoms with Gasteiger partial charge < -0.3 is 10.3 Å². The van der Waals surface area contributed by atoms with Crippen molar-refractivity contribution in [2.24, 2.45) is 0 Å². The molecule has 0 amide bonds. The molecule has 0 radical (unpaired) electrons. The number of hydrogen-bond donors (Lipinski definition) is 2. The predicted molar refractivity (Wildman–Crippen MR) is 81.0 cm³/mol. The number of nitrogens with zero attached hydrogens (tertiary/aromatic N) is 1. The molecule has 2 rings (SSSR count). The van der Waals surface area contributed by atoms with Crippen LogP contribution >= 0.6 is 11.3 Å². The van der Waals surface area contributed by atoms with E-state index < -0.39 is 0 Å². The predicted octanol–water partition coefficient (Wildman–Crippen LogP) is 3.23. The van der Waals surface area contributed by atoms with E-state index in [2.05, 4.69) is 36.1 Å². The van der Waals surface area contributed by atoms with Crippen LogP contribution in [0.4, 0.5) is 5.13 Å². The minimum absolute atomic E-state index is 0.0608. The van der Waals surface area contributed by atoms with Gasteiger partial charge >= 0.3 is 0 Å². The molecule has 5 heteroatoms. The fourth-order valence-corrected chi connectivity index (χ4v) is 2.52. The SMILES string of the molecule is CCNc1nc(-c2ccc(C(C)(C)C)[nH]c2=O)cs1. The van der Waals surface area contributed by atoms with Crippen molar-refractivity contribution in [2.75, 3.05) is 11.9 Å². The summed E-state index contributed by atoms with van der Waals surface area (Å²) in [6.07, 6.45) is 0. The van der Waals surface area contributed by atoms with E-state index in [1.807, 2.05) is 24.4 Å². The molecule has 0 bridgehead atoms. The third-order valence-electron chi connectivity index (χ3n) is 2.83. The number of hydrogen-bond acceptors (Lipinski definition) is 4. The van der Waals surface area contributed by atoms with Crippen LogP contribution in [-0.4, -0.2) is 16.5 Å². The molecular formula is C14H19N3OS. The lowest BCUT2D eigenvalue weighted by molar-refractivity contribution is 0.567. The molecule has 0 saturated carbocycles. The van der Waals surface area contributed by atoms with E-state index >= 15 is 0 Å². The number of anilines is 1. The molecule has 2 aromatic heterocycles. The van der Waals surface area contributed by atoms with Gasteiger partial charge in [0.25, 0.3) is 5.56 Å². The number of H-pyrrole nitrogens is 1. The third-order valence-corrected chi connectivity index (χ3v) is 3.63. The molecule has 2 heterocycles. The number of aromatic amines is 1. The highest BCUT2D eigenvalue weighted by Crippen LogP contribution is 2.24.